The van der Waals surface area contributed by atoms with Gasteiger partial charge in [-0.25, -0.2) is 0 Å². The van der Waals surface area contributed by atoms with Crippen LogP contribution in [0.1, 0.15) is 16.7 Å². The molecule has 0 amide bonds. The first kappa shape index (κ1) is 10.9. The van der Waals surface area contributed by atoms with E-state index in [-0.39, 0.29) is 0 Å². The van der Waals surface area contributed by atoms with Gasteiger partial charge in [-0.05, 0) is 29.1 Å². The lowest BCUT2D eigenvalue weighted by Crippen LogP contribution is -1.88. The maximum Gasteiger partial charge on any atom is 0.0511 e. The zero-order chi connectivity index (χ0) is 11.1. The van der Waals surface area contributed by atoms with Crippen LogP contribution in [0.5, 0.6) is 0 Å². The van der Waals surface area contributed by atoms with Crippen LogP contribution in [0.4, 0.5) is 0 Å². The number of hydrogen-bond acceptors (Lipinski definition) is 2. The Balaban J connectivity index is 2.93. The van der Waals surface area contributed by atoms with Crippen LogP contribution in [0, 0.1) is 6.92 Å². The van der Waals surface area contributed by atoms with Gasteiger partial charge in [-0.15, -0.1) is 0 Å². The van der Waals surface area contributed by atoms with E-state index in [0.29, 0.717) is 13.1 Å². The maximum atomic E-state index is 8.20. The third-order valence-corrected chi connectivity index (χ3v) is 1.83. The second kappa shape index (κ2) is 5.54. The second-order valence-electron chi connectivity index (χ2n) is 3.10. The number of benzene rings is 1. The first-order valence-corrected chi connectivity index (χ1v) is 4.37. The molecule has 0 spiro atoms. The van der Waals surface area contributed by atoms with Gasteiger partial charge in [0.25, 0.3) is 0 Å². The monoisotopic (exact) mass is 202 g/mol. The lowest BCUT2D eigenvalue weighted by atomic mass is 10.1. The van der Waals surface area contributed by atoms with E-state index < -0.39 is 0 Å². The van der Waals surface area contributed by atoms with Gasteiger partial charge in [0.2, 0.25) is 0 Å². The minimum absolute atomic E-state index is 0.321. The molecule has 1 rings (SSSR count). The fraction of sp³-hybridized carbons (Fsp3) is 0.333. The summed E-state index contributed by atoms with van der Waals surface area (Å²) in [4.78, 5) is 5.39. The molecule has 15 heavy (non-hydrogen) atoms. The molecule has 0 saturated carbocycles. The lowest BCUT2D eigenvalue weighted by molar-refractivity contribution is 1.00. The second-order valence-corrected chi connectivity index (χ2v) is 3.10. The molecule has 0 aliphatic carbocycles. The Hall–Kier alpha value is -2.16. The highest BCUT2D eigenvalue weighted by molar-refractivity contribution is 5.29. The lowest BCUT2D eigenvalue weighted by Gasteiger charge is -2.02. The molecule has 76 valence electrons. The maximum absolute atomic E-state index is 8.20. The van der Waals surface area contributed by atoms with Gasteiger partial charge >= 0.3 is 0 Å². The Labute approximate surface area is 86.8 Å². The molecule has 1 aromatic rings. The van der Waals surface area contributed by atoms with E-state index >= 15 is 0 Å². The van der Waals surface area contributed by atoms with E-state index in [2.05, 4.69) is 20.1 Å². The van der Waals surface area contributed by atoms with Crippen molar-refractivity contribution in [1.29, 1.82) is 0 Å². The Morgan fingerprint density at radius 3 is 1.87 bits per heavy atom. The van der Waals surface area contributed by atoms with Crippen LogP contribution in [0.2, 0.25) is 0 Å². The van der Waals surface area contributed by atoms with Crippen molar-refractivity contribution >= 4 is 0 Å². The third-order valence-electron chi connectivity index (χ3n) is 1.83. The number of nitrogens with zero attached hydrogens (tertiary/aromatic N) is 6. The Morgan fingerprint density at radius 2 is 1.47 bits per heavy atom. The normalized spacial score (nSPS) is 8.87. The largest absolute Gasteiger partial charge is 0.0893 e. The van der Waals surface area contributed by atoms with Gasteiger partial charge in [-0.3, -0.25) is 0 Å². The fourth-order valence-electron chi connectivity index (χ4n) is 1.36. The molecule has 0 aliphatic heterocycles. The summed E-state index contributed by atoms with van der Waals surface area (Å²) >= 11 is 0. The third kappa shape index (κ3) is 3.60. The molecular formula is C9H10N6. The van der Waals surface area contributed by atoms with Gasteiger partial charge in [0, 0.05) is 9.82 Å². The van der Waals surface area contributed by atoms with Crippen molar-refractivity contribution in [2.24, 2.45) is 10.2 Å². The summed E-state index contributed by atoms with van der Waals surface area (Å²) in [6.45, 7) is 2.59. The average molecular weight is 202 g/mol. The van der Waals surface area contributed by atoms with Crippen molar-refractivity contribution < 1.29 is 0 Å². The van der Waals surface area contributed by atoms with Crippen molar-refractivity contribution in [2.75, 3.05) is 0 Å². The predicted octanol–water partition coefficient (Wildman–Crippen LogP) is 3.62. The molecule has 6 nitrogen and oxygen atoms in total. The van der Waals surface area contributed by atoms with E-state index in [1.807, 2.05) is 25.1 Å². The fourth-order valence-corrected chi connectivity index (χ4v) is 1.36. The van der Waals surface area contributed by atoms with Crippen LogP contribution in [-0.2, 0) is 13.1 Å². The summed E-state index contributed by atoms with van der Waals surface area (Å²) in [6, 6.07) is 5.75. The molecule has 0 fully saturated rings. The van der Waals surface area contributed by atoms with Gasteiger partial charge in [-0.1, -0.05) is 34.0 Å². The van der Waals surface area contributed by atoms with Crippen LogP contribution in [0.15, 0.2) is 28.4 Å². The van der Waals surface area contributed by atoms with Gasteiger partial charge < -0.3 is 0 Å². The molecule has 0 aliphatic rings. The molecular weight excluding hydrogens is 192 g/mol. The standard InChI is InChI=1S/C9H10N6/c1-7-2-8(5-12-14-10)4-9(3-7)6-13-15-11/h2-4H,5-6H2,1H3. The average Bonchev–Trinajstić information content (AvgIpc) is 2.23. The first-order valence-electron chi connectivity index (χ1n) is 4.37. The summed E-state index contributed by atoms with van der Waals surface area (Å²) in [6.07, 6.45) is 0. The van der Waals surface area contributed by atoms with E-state index in [0.717, 1.165) is 16.7 Å². The van der Waals surface area contributed by atoms with Gasteiger partial charge in [0.05, 0.1) is 13.1 Å². The molecule has 0 bridgehead atoms. The summed E-state index contributed by atoms with van der Waals surface area (Å²) < 4.78 is 0. The predicted molar refractivity (Wildman–Crippen MR) is 56.9 cm³/mol. The van der Waals surface area contributed by atoms with Gasteiger partial charge in [0.15, 0.2) is 0 Å². The summed E-state index contributed by atoms with van der Waals surface area (Å²) in [5.41, 5.74) is 19.3. The van der Waals surface area contributed by atoms with Crippen LogP contribution in [-0.4, -0.2) is 0 Å². The topological polar surface area (TPSA) is 97.5 Å². The summed E-state index contributed by atoms with van der Waals surface area (Å²) in [7, 11) is 0. The Morgan fingerprint density at radius 1 is 1.00 bits per heavy atom. The highest BCUT2D eigenvalue weighted by Gasteiger charge is 1.97. The minimum Gasteiger partial charge on any atom is -0.0893 e. The zero-order valence-corrected chi connectivity index (χ0v) is 8.33. The zero-order valence-electron chi connectivity index (χ0n) is 8.33. The van der Waals surface area contributed by atoms with Crippen molar-refractivity contribution in [3.63, 3.8) is 0 Å². The van der Waals surface area contributed by atoms with Crippen molar-refractivity contribution in [3.8, 4) is 0 Å². The van der Waals surface area contributed by atoms with Gasteiger partial charge in [-0.2, -0.15) is 0 Å². The van der Waals surface area contributed by atoms with Crippen LogP contribution >= 0.6 is 0 Å². The first-order chi connectivity index (χ1) is 7.26. The number of rotatable bonds is 4. The van der Waals surface area contributed by atoms with Crippen molar-refractivity contribution in [2.45, 2.75) is 20.0 Å². The van der Waals surface area contributed by atoms with Crippen LogP contribution < -0.4 is 0 Å². The number of hydrogen-bond donors (Lipinski definition) is 0. The van der Waals surface area contributed by atoms with Gasteiger partial charge in [0.1, 0.15) is 0 Å². The highest BCUT2D eigenvalue weighted by Crippen LogP contribution is 2.12. The van der Waals surface area contributed by atoms with E-state index in [1.165, 1.54) is 0 Å². The number of aryl methyl sites for hydroxylation is 1. The molecule has 0 N–H and O–H groups in total. The van der Waals surface area contributed by atoms with Crippen molar-refractivity contribution in [3.05, 3.63) is 55.8 Å². The minimum atomic E-state index is 0.321. The molecule has 0 atom stereocenters. The SMILES string of the molecule is Cc1cc(CN=[N+]=[N-])cc(CN=[N+]=[N-])c1. The summed E-state index contributed by atoms with van der Waals surface area (Å²) in [5, 5.41) is 6.96. The Kier molecular flexibility index (Phi) is 4.04. The molecule has 6 heteroatoms. The van der Waals surface area contributed by atoms with E-state index in [4.69, 9.17) is 11.1 Å². The van der Waals surface area contributed by atoms with Crippen molar-refractivity contribution in [1.82, 2.24) is 0 Å². The van der Waals surface area contributed by atoms with E-state index in [1.54, 1.807) is 0 Å². The quantitative estimate of drug-likeness (QED) is 0.404. The molecule has 1 aromatic carbocycles. The summed E-state index contributed by atoms with van der Waals surface area (Å²) in [5.74, 6) is 0. The molecule has 0 unspecified atom stereocenters. The molecule has 0 saturated heterocycles. The number of azide groups is 2. The molecule has 0 radical (unpaired) electrons. The highest BCUT2D eigenvalue weighted by atomic mass is 15.1. The van der Waals surface area contributed by atoms with E-state index in [9.17, 15) is 0 Å². The van der Waals surface area contributed by atoms with Crippen LogP contribution in [0.25, 0.3) is 20.9 Å². The molecule has 0 aromatic heterocycles. The Bertz CT molecular complexity index is 402. The smallest absolute Gasteiger partial charge is 0.0511 e. The van der Waals surface area contributed by atoms with Crippen LogP contribution in [0.3, 0.4) is 0 Å². The molecule has 0 heterocycles.